The van der Waals surface area contributed by atoms with Crippen molar-refractivity contribution in [3.8, 4) is 0 Å². The average molecular weight is 1020 g/mol. The summed E-state index contributed by atoms with van der Waals surface area (Å²) in [6, 6.07) is 0. The first-order valence-electron chi connectivity index (χ1n) is 30.7. The lowest BCUT2D eigenvalue weighted by Gasteiger charge is -2.18. The maximum Gasteiger partial charge on any atom is 0.306 e. The van der Waals surface area contributed by atoms with Crippen LogP contribution in [0.25, 0.3) is 0 Å². The van der Waals surface area contributed by atoms with E-state index in [1.807, 2.05) is 0 Å². The molecule has 0 aliphatic rings. The van der Waals surface area contributed by atoms with Crippen molar-refractivity contribution in [3.05, 3.63) is 97.2 Å². The Hall–Kier alpha value is -3.67. The van der Waals surface area contributed by atoms with Crippen molar-refractivity contribution in [1.82, 2.24) is 0 Å². The Morgan fingerprint density at radius 3 is 0.822 bits per heavy atom. The fourth-order valence-electron chi connectivity index (χ4n) is 8.37. The quantitative estimate of drug-likeness (QED) is 0.0261. The van der Waals surface area contributed by atoms with Crippen LogP contribution in [0.4, 0.5) is 0 Å². The van der Waals surface area contributed by atoms with Crippen LogP contribution >= 0.6 is 0 Å². The first-order chi connectivity index (χ1) is 36.0. The van der Waals surface area contributed by atoms with Gasteiger partial charge in [0.15, 0.2) is 6.10 Å². The predicted octanol–water partition coefficient (Wildman–Crippen LogP) is 20.9. The van der Waals surface area contributed by atoms with Gasteiger partial charge in [0.25, 0.3) is 0 Å². The summed E-state index contributed by atoms with van der Waals surface area (Å²) in [5.74, 6) is -0.938. The van der Waals surface area contributed by atoms with Crippen molar-refractivity contribution in [2.75, 3.05) is 13.2 Å². The Morgan fingerprint density at radius 2 is 0.493 bits per heavy atom. The molecule has 0 unspecified atom stereocenters. The molecule has 0 aliphatic heterocycles. The van der Waals surface area contributed by atoms with Gasteiger partial charge in [-0.25, -0.2) is 0 Å². The van der Waals surface area contributed by atoms with Crippen LogP contribution < -0.4 is 0 Å². The van der Waals surface area contributed by atoms with Crippen LogP contribution in [0.5, 0.6) is 0 Å². The summed E-state index contributed by atoms with van der Waals surface area (Å²) in [4.78, 5) is 38.3. The van der Waals surface area contributed by atoms with Crippen molar-refractivity contribution in [1.29, 1.82) is 0 Å². The molecule has 0 saturated carbocycles. The van der Waals surface area contributed by atoms with E-state index < -0.39 is 6.10 Å². The minimum atomic E-state index is -0.802. The number of carbonyl (C=O) groups is 3. The highest BCUT2D eigenvalue weighted by Crippen LogP contribution is 2.14. The molecule has 418 valence electrons. The number of carbonyl (C=O) groups excluding carboxylic acids is 3. The van der Waals surface area contributed by atoms with Gasteiger partial charge in [-0.15, -0.1) is 0 Å². The zero-order chi connectivity index (χ0) is 52.9. The Kier molecular flexibility index (Phi) is 57.8. The molecule has 0 fully saturated rings. The van der Waals surface area contributed by atoms with Crippen LogP contribution in [0.15, 0.2) is 97.2 Å². The highest BCUT2D eigenvalue weighted by atomic mass is 16.6. The smallest absolute Gasteiger partial charge is 0.306 e. The molecule has 0 bridgehead atoms. The molecule has 1 atom stereocenters. The topological polar surface area (TPSA) is 78.9 Å². The molecule has 0 aromatic rings. The molecular formula is C67H114O6. The third-order valence-corrected chi connectivity index (χ3v) is 13.0. The second kappa shape index (κ2) is 60.9. The van der Waals surface area contributed by atoms with Gasteiger partial charge in [0.2, 0.25) is 0 Å². The zero-order valence-corrected chi connectivity index (χ0v) is 47.9. The highest BCUT2D eigenvalue weighted by molar-refractivity contribution is 5.71. The molecule has 6 heteroatoms. The largest absolute Gasteiger partial charge is 0.462 e. The molecule has 73 heavy (non-hydrogen) atoms. The lowest BCUT2D eigenvalue weighted by atomic mass is 10.1. The number of unbranched alkanes of at least 4 members (excludes halogenated alkanes) is 28. The van der Waals surface area contributed by atoms with E-state index in [1.54, 1.807) is 0 Å². The van der Waals surface area contributed by atoms with E-state index in [-0.39, 0.29) is 31.1 Å². The second-order valence-corrected chi connectivity index (χ2v) is 20.2. The second-order valence-electron chi connectivity index (χ2n) is 20.2. The van der Waals surface area contributed by atoms with Crippen LogP contribution in [-0.2, 0) is 28.6 Å². The summed E-state index contributed by atoms with van der Waals surface area (Å²) in [5.41, 5.74) is 0. The molecule has 0 heterocycles. The van der Waals surface area contributed by atoms with Crippen molar-refractivity contribution in [2.45, 2.75) is 297 Å². The monoisotopic (exact) mass is 1010 g/mol. The van der Waals surface area contributed by atoms with E-state index in [4.69, 9.17) is 14.2 Å². The van der Waals surface area contributed by atoms with E-state index in [0.717, 1.165) is 109 Å². The SMILES string of the molecule is CCCCC/C=C\C/C=C\C/C=C\C/C=C\CCCCCC(=O)OC[C@@H](COC(=O)CCCCCCCCC/C=C\CCCCCCCC)OC(=O)CCCCCCCC/C=C\C/C=C\C/C=C\CCCCC. The normalized spacial score (nSPS) is 12.8. The van der Waals surface area contributed by atoms with Crippen LogP contribution in [0, 0.1) is 0 Å². The zero-order valence-electron chi connectivity index (χ0n) is 47.9. The van der Waals surface area contributed by atoms with Crippen molar-refractivity contribution >= 4 is 17.9 Å². The third kappa shape index (κ3) is 59.1. The number of ether oxygens (including phenoxy) is 3. The van der Waals surface area contributed by atoms with Crippen molar-refractivity contribution < 1.29 is 28.6 Å². The number of allylic oxidation sites excluding steroid dienone is 16. The Morgan fingerprint density at radius 1 is 0.274 bits per heavy atom. The Balaban J connectivity index is 4.48. The number of hydrogen-bond donors (Lipinski definition) is 0. The van der Waals surface area contributed by atoms with Crippen LogP contribution in [0.3, 0.4) is 0 Å². The summed E-state index contributed by atoms with van der Waals surface area (Å²) < 4.78 is 16.9. The average Bonchev–Trinajstić information content (AvgIpc) is 3.39. The highest BCUT2D eigenvalue weighted by Gasteiger charge is 2.19. The molecule has 0 aromatic carbocycles. The molecule has 0 N–H and O–H groups in total. The van der Waals surface area contributed by atoms with E-state index >= 15 is 0 Å². The summed E-state index contributed by atoms with van der Waals surface area (Å²) in [7, 11) is 0. The van der Waals surface area contributed by atoms with Gasteiger partial charge in [-0.2, -0.15) is 0 Å². The summed E-state index contributed by atoms with van der Waals surface area (Å²) in [6.07, 6.45) is 81.1. The van der Waals surface area contributed by atoms with E-state index in [2.05, 4.69) is 118 Å². The fourth-order valence-corrected chi connectivity index (χ4v) is 8.37. The molecular weight excluding hydrogens is 901 g/mol. The van der Waals surface area contributed by atoms with Gasteiger partial charge in [0.05, 0.1) is 0 Å². The van der Waals surface area contributed by atoms with Crippen LogP contribution in [-0.4, -0.2) is 37.2 Å². The molecule has 0 rings (SSSR count). The molecule has 0 spiro atoms. The number of hydrogen-bond acceptors (Lipinski definition) is 6. The molecule has 0 radical (unpaired) electrons. The Labute approximate surface area is 451 Å². The standard InChI is InChI=1S/C67H114O6/c1-4-7-10-13-16-19-22-25-28-31-33-36-39-42-45-48-51-54-57-60-66(69)72-63-64(62-71-65(68)59-56-53-50-47-44-41-38-35-30-27-24-21-18-15-12-9-6-3)73-67(70)61-58-55-52-49-46-43-40-37-34-32-29-26-23-20-17-14-11-8-5-2/h16-17,19-20,25-30,33-34,36-37,42,45,64H,4-15,18,21-24,31-32,35,38-41,43-44,46-63H2,1-3H3/b19-16-,20-17-,28-25-,29-26-,30-27-,36-33-,37-34-,45-42-/t64-/m1/s1. The van der Waals surface area contributed by atoms with Gasteiger partial charge in [-0.3, -0.25) is 14.4 Å². The van der Waals surface area contributed by atoms with E-state index in [0.29, 0.717) is 19.3 Å². The minimum Gasteiger partial charge on any atom is -0.462 e. The lowest BCUT2D eigenvalue weighted by molar-refractivity contribution is -0.167. The molecule has 0 amide bonds. The van der Waals surface area contributed by atoms with Gasteiger partial charge in [0, 0.05) is 19.3 Å². The first kappa shape index (κ1) is 69.3. The molecule has 6 nitrogen and oxygen atoms in total. The summed E-state index contributed by atoms with van der Waals surface area (Å²) >= 11 is 0. The van der Waals surface area contributed by atoms with Crippen molar-refractivity contribution in [3.63, 3.8) is 0 Å². The lowest BCUT2D eigenvalue weighted by Crippen LogP contribution is -2.30. The molecule has 0 aliphatic carbocycles. The van der Waals surface area contributed by atoms with Gasteiger partial charge in [-0.05, 0) is 128 Å². The first-order valence-corrected chi connectivity index (χ1v) is 30.7. The maximum atomic E-state index is 12.9. The van der Waals surface area contributed by atoms with Gasteiger partial charge in [-0.1, -0.05) is 240 Å². The number of esters is 3. The number of rotatable bonds is 55. The van der Waals surface area contributed by atoms with Crippen LogP contribution in [0.2, 0.25) is 0 Å². The van der Waals surface area contributed by atoms with E-state index in [1.165, 1.54) is 141 Å². The third-order valence-electron chi connectivity index (χ3n) is 13.0. The fraction of sp³-hybridized carbons (Fsp3) is 0.716. The summed E-state index contributed by atoms with van der Waals surface area (Å²) in [5, 5.41) is 0. The van der Waals surface area contributed by atoms with Crippen LogP contribution in [0.1, 0.15) is 290 Å². The van der Waals surface area contributed by atoms with Gasteiger partial charge < -0.3 is 14.2 Å². The molecule has 0 saturated heterocycles. The maximum absolute atomic E-state index is 12.9. The van der Waals surface area contributed by atoms with E-state index in [9.17, 15) is 14.4 Å². The van der Waals surface area contributed by atoms with Gasteiger partial charge in [0.1, 0.15) is 13.2 Å². The minimum absolute atomic E-state index is 0.0956. The summed E-state index contributed by atoms with van der Waals surface area (Å²) in [6.45, 7) is 6.56. The molecule has 0 aromatic heterocycles. The Bertz CT molecular complexity index is 1440. The van der Waals surface area contributed by atoms with Crippen molar-refractivity contribution in [2.24, 2.45) is 0 Å². The predicted molar refractivity (Wildman–Crippen MR) is 316 cm³/mol. The van der Waals surface area contributed by atoms with Gasteiger partial charge >= 0.3 is 17.9 Å².